The maximum absolute atomic E-state index is 5.45. The summed E-state index contributed by atoms with van der Waals surface area (Å²) in [7, 11) is 0. The summed E-state index contributed by atoms with van der Waals surface area (Å²) in [6.45, 7) is 5.76. The first-order valence-electron chi connectivity index (χ1n) is 9.19. The van der Waals surface area contributed by atoms with Crippen molar-refractivity contribution in [3.8, 4) is 11.5 Å². The summed E-state index contributed by atoms with van der Waals surface area (Å²) >= 11 is 0. The Labute approximate surface area is 153 Å². The molecule has 136 valence electrons. The molecule has 0 saturated carbocycles. The molecule has 2 aromatic rings. The molecule has 0 radical (unpaired) electrons. The van der Waals surface area contributed by atoms with Crippen molar-refractivity contribution >= 4 is 11.9 Å². The molecule has 0 spiro atoms. The van der Waals surface area contributed by atoms with Crippen molar-refractivity contribution in [3.63, 3.8) is 0 Å². The molecule has 7 heteroatoms. The molecule has 7 nitrogen and oxygen atoms in total. The zero-order chi connectivity index (χ0) is 17.8. The summed E-state index contributed by atoms with van der Waals surface area (Å²) in [6, 6.07) is 4.02. The highest BCUT2D eigenvalue weighted by Gasteiger charge is 2.17. The molecule has 0 aromatic carbocycles. The van der Waals surface area contributed by atoms with Gasteiger partial charge in [0.05, 0.1) is 12.2 Å². The Morgan fingerprint density at radius 2 is 2.15 bits per heavy atom. The molecule has 1 N–H and O–H groups in total. The molecule has 0 amide bonds. The second kappa shape index (κ2) is 7.78. The minimum Gasteiger partial charge on any atom is -0.381 e. The lowest BCUT2D eigenvalue weighted by atomic mass is 9.96. The SMILES string of the molecule is Cc1nc(-c2ncn[nH]2)ccc1C1=CN(CCC2CCOCC2)CC=N1. The number of nitrogens with one attached hydrogen (secondary N) is 1. The van der Waals surface area contributed by atoms with Gasteiger partial charge in [0.15, 0.2) is 5.82 Å². The van der Waals surface area contributed by atoms with Crippen LogP contribution in [0.2, 0.25) is 0 Å². The van der Waals surface area contributed by atoms with Gasteiger partial charge in [-0.3, -0.25) is 10.1 Å². The van der Waals surface area contributed by atoms with Crippen LogP contribution in [0.3, 0.4) is 0 Å². The molecular formula is C19H24N6O. The lowest BCUT2D eigenvalue weighted by Gasteiger charge is -2.27. The van der Waals surface area contributed by atoms with Crippen LogP contribution in [0.1, 0.15) is 30.5 Å². The summed E-state index contributed by atoms with van der Waals surface area (Å²) in [4.78, 5) is 15.8. The van der Waals surface area contributed by atoms with E-state index in [0.717, 1.165) is 54.9 Å². The van der Waals surface area contributed by atoms with E-state index < -0.39 is 0 Å². The van der Waals surface area contributed by atoms with Crippen molar-refractivity contribution < 1.29 is 4.74 Å². The second-order valence-electron chi connectivity index (χ2n) is 6.83. The van der Waals surface area contributed by atoms with Gasteiger partial charge in [-0.25, -0.2) is 9.97 Å². The van der Waals surface area contributed by atoms with Gasteiger partial charge in [-0.1, -0.05) is 0 Å². The number of hydrogen-bond acceptors (Lipinski definition) is 6. The normalized spacial score (nSPS) is 18.2. The van der Waals surface area contributed by atoms with Crippen LogP contribution in [0.4, 0.5) is 0 Å². The first-order chi connectivity index (χ1) is 12.8. The summed E-state index contributed by atoms with van der Waals surface area (Å²) < 4.78 is 5.45. The Kier molecular flexibility index (Phi) is 5.06. The summed E-state index contributed by atoms with van der Waals surface area (Å²) in [5.41, 5.74) is 3.76. The van der Waals surface area contributed by atoms with E-state index in [1.807, 2.05) is 19.2 Å². The van der Waals surface area contributed by atoms with Crippen LogP contribution in [0.15, 0.2) is 29.7 Å². The van der Waals surface area contributed by atoms with Crippen LogP contribution in [0.25, 0.3) is 17.2 Å². The highest BCUT2D eigenvalue weighted by atomic mass is 16.5. The maximum atomic E-state index is 5.45. The number of aromatic amines is 1. The van der Waals surface area contributed by atoms with Gasteiger partial charge >= 0.3 is 0 Å². The second-order valence-corrected chi connectivity index (χ2v) is 6.83. The average molecular weight is 352 g/mol. The molecule has 0 atom stereocenters. The number of ether oxygens (including phenoxy) is 1. The molecule has 4 heterocycles. The van der Waals surface area contributed by atoms with Crippen LogP contribution in [0, 0.1) is 12.8 Å². The van der Waals surface area contributed by atoms with E-state index in [9.17, 15) is 0 Å². The first kappa shape index (κ1) is 16.9. The van der Waals surface area contributed by atoms with Gasteiger partial charge < -0.3 is 9.64 Å². The highest BCUT2D eigenvalue weighted by molar-refractivity contribution is 5.78. The Bertz CT molecular complexity index is 792. The number of aliphatic imine (C=N–C) groups is 1. The lowest BCUT2D eigenvalue weighted by molar-refractivity contribution is 0.0620. The monoisotopic (exact) mass is 352 g/mol. The fourth-order valence-corrected chi connectivity index (χ4v) is 3.47. The average Bonchev–Trinajstić information content (AvgIpc) is 3.22. The quantitative estimate of drug-likeness (QED) is 0.895. The van der Waals surface area contributed by atoms with E-state index in [1.54, 1.807) is 0 Å². The fraction of sp³-hybridized carbons (Fsp3) is 0.474. The van der Waals surface area contributed by atoms with E-state index >= 15 is 0 Å². The van der Waals surface area contributed by atoms with Crippen molar-refractivity contribution in [2.75, 3.05) is 26.3 Å². The summed E-state index contributed by atoms with van der Waals surface area (Å²) in [6.07, 6.45) is 9.23. The van der Waals surface area contributed by atoms with Gasteiger partial charge in [-0.2, -0.15) is 5.10 Å². The number of pyridine rings is 1. The standard InChI is InChI=1S/C19H24N6O/c1-14-16(2-3-17(23-14)19-21-13-22-24-19)18-12-25(9-7-20-18)8-4-15-5-10-26-11-6-15/h2-3,7,12-13,15H,4-6,8-11H2,1H3,(H,21,22,24). The Morgan fingerprint density at radius 1 is 1.27 bits per heavy atom. The maximum Gasteiger partial charge on any atom is 0.174 e. The Balaban J connectivity index is 1.45. The third-order valence-electron chi connectivity index (χ3n) is 5.04. The van der Waals surface area contributed by atoms with Crippen molar-refractivity contribution in [1.29, 1.82) is 0 Å². The van der Waals surface area contributed by atoms with Crippen LogP contribution in [0.5, 0.6) is 0 Å². The van der Waals surface area contributed by atoms with Gasteiger partial charge in [-0.15, -0.1) is 0 Å². The molecule has 0 aliphatic carbocycles. The molecule has 26 heavy (non-hydrogen) atoms. The number of aryl methyl sites for hydroxylation is 1. The van der Waals surface area contributed by atoms with E-state index in [1.165, 1.54) is 25.6 Å². The number of nitrogens with zero attached hydrogens (tertiary/aromatic N) is 5. The van der Waals surface area contributed by atoms with E-state index in [2.05, 4.69) is 42.3 Å². The van der Waals surface area contributed by atoms with Crippen LogP contribution in [-0.2, 0) is 4.74 Å². The van der Waals surface area contributed by atoms with Gasteiger partial charge in [0.2, 0.25) is 0 Å². The third kappa shape index (κ3) is 3.83. The highest BCUT2D eigenvalue weighted by Crippen LogP contribution is 2.25. The molecule has 0 unspecified atom stereocenters. The minimum absolute atomic E-state index is 0.680. The molecule has 2 aliphatic rings. The zero-order valence-corrected chi connectivity index (χ0v) is 15.1. The largest absolute Gasteiger partial charge is 0.381 e. The molecule has 1 fully saturated rings. The van der Waals surface area contributed by atoms with E-state index in [-0.39, 0.29) is 0 Å². The molecule has 2 aromatic heterocycles. The van der Waals surface area contributed by atoms with Crippen molar-refractivity contribution in [3.05, 3.63) is 35.9 Å². The molecule has 0 bridgehead atoms. The minimum atomic E-state index is 0.680. The first-order valence-corrected chi connectivity index (χ1v) is 9.19. The van der Waals surface area contributed by atoms with Gasteiger partial charge in [0, 0.05) is 43.4 Å². The van der Waals surface area contributed by atoms with Crippen molar-refractivity contribution in [2.45, 2.75) is 26.2 Å². The number of rotatable bonds is 5. The molecule has 1 saturated heterocycles. The van der Waals surface area contributed by atoms with E-state index in [4.69, 9.17) is 4.74 Å². The van der Waals surface area contributed by atoms with E-state index in [0.29, 0.717) is 5.82 Å². The number of H-pyrrole nitrogens is 1. The zero-order valence-electron chi connectivity index (χ0n) is 15.1. The van der Waals surface area contributed by atoms with Crippen LogP contribution >= 0.6 is 0 Å². The van der Waals surface area contributed by atoms with Crippen molar-refractivity contribution in [1.82, 2.24) is 25.1 Å². The molecular weight excluding hydrogens is 328 g/mol. The summed E-state index contributed by atoms with van der Waals surface area (Å²) in [5, 5.41) is 6.73. The molecule has 2 aliphatic heterocycles. The lowest BCUT2D eigenvalue weighted by Crippen LogP contribution is -2.27. The van der Waals surface area contributed by atoms with Crippen molar-refractivity contribution in [2.24, 2.45) is 10.9 Å². The van der Waals surface area contributed by atoms with Gasteiger partial charge in [-0.05, 0) is 44.2 Å². The van der Waals surface area contributed by atoms with Crippen LogP contribution in [-0.4, -0.2) is 57.6 Å². The van der Waals surface area contributed by atoms with Gasteiger partial charge in [0.1, 0.15) is 12.0 Å². The Hall–Kier alpha value is -2.54. The summed E-state index contributed by atoms with van der Waals surface area (Å²) in [5.74, 6) is 1.46. The smallest absolute Gasteiger partial charge is 0.174 e. The fourth-order valence-electron chi connectivity index (χ4n) is 3.47. The van der Waals surface area contributed by atoms with Gasteiger partial charge in [0.25, 0.3) is 0 Å². The van der Waals surface area contributed by atoms with Crippen LogP contribution < -0.4 is 0 Å². The predicted octanol–water partition coefficient (Wildman–Crippen LogP) is 2.68. The number of aromatic nitrogens is 4. The topological polar surface area (TPSA) is 79.3 Å². The third-order valence-corrected chi connectivity index (χ3v) is 5.04. The Morgan fingerprint density at radius 3 is 2.92 bits per heavy atom. The predicted molar refractivity (Wildman–Crippen MR) is 101 cm³/mol. The number of hydrogen-bond donors (Lipinski definition) is 1. The molecule has 4 rings (SSSR count).